The number of nitrogens with one attached hydrogen (secondary N) is 1. The van der Waals surface area contributed by atoms with Crippen molar-refractivity contribution in [2.45, 2.75) is 4.90 Å². The van der Waals surface area contributed by atoms with E-state index >= 15 is 0 Å². The van der Waals surface area contributed by atoms with Crippen LogP contribution in [0.25, 0.3) is 11.0 Å². The number of fused-ring (bicyclic) bond motifs is 1. The zero-order valence-corrected chi connectivity index (χ0v) is 8.34. The van der Waals surface area contributed by atoms with Crippen LogP contribution < -0.4 is 4.89 Å². The van der Waals surface area contributed by atoms with E-state index in [-0.39, 0.29) is 4.90 Å². The molecule has 0 atom stereocenters. The van der Waals surface area contributed by atoms with Crippen molar-refractivity contribution in [1.82, 2.24) is 13.6 Å². The molecule has 2 aromatic rings. The number of sulfonamides is 1. The molecule has 0 aliphatic heterocycles. The summed E-state index contributed by atoms with van der Waals surface area (Å²) in [7, 11) is -3.83. The fourth-order valence-electron chi connectivity index (χ4n) is 0.982. The van der Waals surface area contributed by atoms with E-state index in [0.717, 1.165) is 11.7 Å². The molecule has 0 saturated heterocycles. The van der Waals surface area contributed by atoms with Crippen LogP contribution in [0.5, 0.6) is 0 Å². The van der Waals surface area contributed by atoms with Gasteiger partial charge in [-0.2, -0.15) is 8.75 Å². The first kappa shape index (κ1) is 9.46. The molecule has 14 heavy (non-hydrogen) atoms. The fourth-order valence-corrected chi connectivity index (χ4v) is 2.12. The Balaban J connectivity index is 2.65. The van der Waals surface area contributed by atoms with Crippen LogP contribution in [0.1, 0.15) is 0 Å². The summed E-state index contributed by atoms with van der Waals surface area (Å²) in [6.07, 6.45) is 0. The lowest BCUT2D eigenvalue weighted by Gasteiger charge is -1.99. The van der Waals surface area contributed by atoms with Gasteiger partial charge < -0.3 is 5.21 Å². The predicted octanol–water partition coefficient (Wildman–Crippen LogP) is 0.359. The minimum absolute atomic E-state index is 0.0415. The van der Waals surface area contributed by atoms with E-state index in [2.05, 4.69) is 8.75 Å². The first-order chi connectivity index (χ1) is 6.63. The normalized spacial score (nSPS) is 12.1. The molecule has 0 spiro atoms. The van der Waals surface area contributed by atoms with Crippen molar-refractivity contribution in [2.24, 2.45) is 0 Å². The van der Waals surface area contributed by atoms with E-state index in [1.807, 2.05) is 0 Å². The van der Waals surface area contributed by atoms with Gasteiger partial charge in [-0.15, -0.1) is 0 Å². The molecular formula is C6H5N3O3S2. The maximum atomic E-state index is 11.2. The molecule has 2 rings (SSSR count). The minimum atomic E-state index is -3.83. The highest BCUT2D eigenvalue weighted by atomic mass is 32.2. The third-order valence-corrected chi connectivity index (χ3v) is 3.33. The molecule has 1 aromatic carbocycles. The van der Waals surface area contributed by atoms with Crippen molar-refractivity contribution in [3.63, 3.8) is 0 Å². The fraction of sp³-hybridized carbons (Fsp3) is 0. The predicted molar refractivity (Wildman–Crippen MR) is 49.5 cm³/mol. The Morgan fingerprint density at radius 2 is 2.00 bits per heavy atom. The van der Waals surface area contributed by atoms with Gasteiger partial charge in [-0.25, -0.2) is 8.42 Å². The molecule has 8 heteroatoms. The van der Waals surface area contributed by atoms with E-state index < -0.39 is 10.0 Å². The highest BCUT2D eigenvalue weighted by molar-refractivity contribution is 7.89. The van der Waals surface area contributed by atoms with Gasteiger partial charge in [-0.05, 0) is 18.2 Å². The van der Waals surface area contributed by atoms with Gasteiger partial charge in [0.2, 0.25) is 0 Å². The quantitative estimate of drug-likeness (QED) is 0.728. The Kier molecular flexibility index (Phi) is 2.19. The topological polar surface area (TPSA) is 92.2 Å². The molecule has 1 heterocycles. The summed E-state index contributed by atoms with van der Waals surface area (Å²) in [6, 6.07) is 4.22. The molecule has 0 fully saturated rings. The smallest absolute Gasteiger partial charge is 0.262 e. The van der Waals surface area contributed by atoms with Crippen molar-refractivity contribution in [1.29, 1.82) is 0 Å². The number of aromatic nitrogens is 2. The molecule has 0 saturated carbocycles. The van der Waals surface area contributed by atoms with E-state index in [4.69, 9.17) is 5.21 Å². The molecule has 6 nitrogen and oxygen atoms in total. The Hall–Kier alpha value is -1.09. The van der Waals surface area contributed by atoms with Crippen LogP contribution in [-0.2, 0) is 10.0 Å². The summed E-state index contributed by atoms with van der Waals surface area (Å²) in [6.45, 7) is 0. The maximum absolute atomic E-state index is 11.2. The second kappa shape index (κ2) is 3.24. The van der Waals surface area contributed by atoms with Crippen molar-refractivity contribution in [2.75, 3.05) is 0 Å². The van der Waals surface area contributed by atoms with Crippen molar-refractivity contribution < 1.29 is 13.6 Å². The Morgan fingerprint density at radius 1 is 1.29 bits per heavy atom. The Bertz CT molecular complexity index is 562. The molecule has 0 unspecified atom stereocenters. The molecule has 0 bridgehead atoms. The standard InChI is InChI=1S/C6H5N3O3S2/c10-9-14(11,12)4-1-2-5-6(3-4)8-13-7-5/h1-3,9-10H. The van der Waals surface area contributed by atoms with Crippen molar-refractivity contribution in [3.05, 3.63) is 18.2 Å². The molecule has 2 N–H and O–H groups in total. The molecule has 74 valence electrons. The van der Waals surface area contributed by atoms with Crippen LogP contribution in [-0.4, -0.2) is 22.4 Å². The van der Waals surface area contributed by atoms with E-state index in [1.54, 1.807) is 0 Å². The Labute approximate surface area is 83.5 Å². The van der Waals surface area contributed by atoms with Gasteiger partial charge in [-0.3, -0.25) is 0 Å². The van der Waals surface area contributed by atoms with Gasteiger partial charge in [0.15, 0.2) is 0 Å². The number of hydrogen-bond acceptors (Lipinski definition) is 6. The van der Waals surface area contributed by atoms with Gasteiger partial charge in [0.05, 0.1) is 16.6 Å². The lowest BCUT2D eigenvalue weighted by atomic mass is 10.3. The molecule has 0 amide bonds. The average molecular weight is 231 g/mol. The third kappa shape index (κ3) is 1.48. The molecule has 0 aliphatic rings. The lowest BCUT2D eigenvalue weighted by Crippen LogP contribution is -2.19. The van der Waals surface area contributed by atoms with Gasteiger partial charge in [0.1, 0.15) is 11.0 Å². The van der Waals surface area contributed by atoms with Crippen LogP contribution in [0, 0.1) is 0 Å². The SMILES string of the molecule is O=S(=O)(NO)c1ccc2nsnc2c1. The maximum Gasteiger partial charge on any atom is 0.262 e. The molecule has 0 radical (unpaired) electrons. The zero-order chi connectivity index (χ0) is 10.2. The first-order valence-corrected chi connectivity index (χ1v) is 5.73. The lowest BCUT2D eigenvalue weighted by molar-refractivity contribution is 0.242. The second-order valence-electron chi connectivity index (χ2n) is 2.51. The summed E-state index contributed by atoms with van der Waals surface area (Å²) in [4.78, 5) is 1.20. The molecular weight excluding hydrogens is 226 g/mol. The van der Waals surface area contributed by atoms with Crippen LogP contribution in [0.2, 0.25) is 0 Å². The van der Waals surface area contributed by atoms with Gasteiger partial charge in [0.25, 0.3) is 10.0 Å². The van der Waals surface area contributed by atoms with E-state index in [0.29, 0.717) is 11.0 Å². The summed E-state index contributed by atoms with van der Waals surface area (Å²) in [5.41, 5.74) is 1.12. The third-order valence-electron chi connectivity index (χ3n) is 1.66. The summed E-state index contributed by atoms with van der Waals surface area (Å²) >= 11 is 1.00. The number of rotatable bonds is 2. The van der Waals surface area contributed by atoms with Crippen molar-refractivity contribution >= 4 is 32.8 Å². The first-order valence-electron chi connectivity index (χ1n) is 3.52. The highest BCUT2D eigenvalue weighted by Gasteiger charge is 2.13. The Morgan fingerprint density at radius 3 is 2.71 bits per heavy atom. The second-order valence-corrected chi connectivity index (χ2v) is 4.70. The number of hydrogen-bond donors (Lipinski definition) is 2. The van der Waals surface area contributed by atoms with Crippen LogP contribution in [0.4, 0.5) is 0 Å². The average Bonchev–Trinajstić information content (AvgIpc) is 2.64. The van der Waals surface area contributed by atoms with E-state index in [9.17, 15) is 8.42 Å². The van der Waals surface area contributed by atoms with Gasteiger partial charge in [-0.1, -0.05) is 4.89 Å². The molecule has 0 aliphatic carbocycles. The van der Waals surface area contributed by atoms with Gasteiger partial charge in [0, 0.05) is 0 Å². The summed E-state index contributed by atoms with van der Waals surface area (Å²) in [5.74, 6) is 0. The summed E-state index contributed by atoms with van der Waals surface area (Å²) < 4.78 is 30.1. The van der Waals surface area contributed by atoms with Crippen LogP contribution in [0.3, 0.4) is 0 Å². The van der Waals surface area contributed by atoms with Crippen molar-refractivity contribution in [3.8, 4) is 0 Å². The zero-order valence-electron chi connectivity index (χ0n) is 6.71. The molecule has 1 aromatic heterocycles. The monoisotopic (exact) mass is 231 g/mol. The number of benzene rings is 1. The minimum Gasteiger partial charge on any atom is -0.302 e. The van der Waals surface area contributed by atoms with Crippen LogP contribution in [0.15, 0.2) is 23.1 Å². The van der Waals surface area contributed by atoms with E-state index in [1.165, 1.54) is 23.1 Å². The number of nitrogens with zero attached hydrogens (tertiary/aromatic N) is 2. The van der Waals surface area contributed by atoms with Gasteiger partial charge >= 0.3 is 0 Å². The van der Waals surface area contributed by atoms with Crippen LogP contribution >= 0.6 is 11.7 Å². The highest BCUT2D eigenvalue weighted by Crippen LogP contribution is 2.16. The largest absolute Gasteiger partial charge is 0.302 e. The summed E-state index contributed by atoms with van der Waals surface area (Å²) in [5, 5.41) is 8.40.